The zero-order valence-electron chi connectivity index (χ0n) is 15.0. The summed E-state index contributed by atoms with van der Waals surface area (Å²) in [4.78, 5) is 14.4. The number of hydrogen-bond donors (Lipinski definition) is 1. The van der Waals surface area contributed by atoms with Gasteiger partial charge < -0.3 is 10.2 Å². The molecule has 1 aliphatic heterocycles. The molecule has 0 atom stereocenters. The highest BCUT2D eigenvalue weighted by molar-refractivity contribution is 7.11. The third-order valence-corrected chi connectivity index (χ3v) is 5.66. The van der Waals surface area contributed by atoms with Crippen molar-refractivity contribution in [3.05, 3.63) is 50.7 Å². The average Bonchev–Trinajstić information content (AvgIpc) is 3.05. The SMILES string of the molecule is CN=C(NCc1ncc(C)s1)N1CCN(Cc2c(F)cccc2Cl)CC1. The number of halogens is 2. The number of aryl methyl sites for hydroxylation is 1. The van der Waals surface area contributed by atoms with Crippen molar-refractivity contribution in [2.45, 2.75) is 20.0 Å². The molecule has 0 radical (unpaired) electrons. The molecule has 2 heterocycles. The zero-order valence-corrected chi connectivity index (χ0v) is 16.6. The third-order valence-electron chi connectivity index (χ3n) is 4.39. The predicted molar refractivity (Wildman–Crippen MR) is 105 cm³/mol. The van der Waals surface area contributed by atoms with Crippen molar-refractivity contribution in [3.8, 4) is 0 Å². The van der Waals surface area contributed by atoms with Crippen molar-refractivity contribution in [2.24, 2.45) is 4.99 Å². The van der Waals surface area contributed by atoms with Crippen LogP contribution in [0.2, 0.25) is 5.02 Å². The van der Waals surface area contributed by atoms with Crippen LogP contribution in [0, 0.1) is 12.7 Å². The van der Waals surface area contributed by atoms with Crippen molar-refractivity contribution in [2.75, 3.05) is 33.2 Å². The number of benzene rings is 1. The van der Waals surface area contributed by atoms with Crippen molar-refractivity contribution < 1.29 is 4.39 Å². The average molecular weight is 396 g/mol. The normalized spacial score (nSPS) is 16.2. The minimum Gasteiger partial charge on any atom is -0.350 e. The molecule has 1 saturated heterocycles. The summed E-state index contributed by atoms with van der Waals surface area (Å²) >= 11 is 7.83. The first kappa shape index (κ1) is 19.1. The summed E-state index contributed by atoms with van der Waals surface area (Å²) in [7, 11) is 1.79. The Kier molecular flexibility index (Phi) is 6.45. The second-order valence-electron chi connectivity index (χ2n) is 6.23. The molecule has 0 saturated carbocycles. The van der Waals surface area contributed by atoms with Gasteiger partial charge in [-0.1, -0.05) is 17.7 Å². The van der Waals surface area contributed by atoms with Gasteiger partial charge in [-0.25, -0.2) is 9.37 Å². The Bertz CT molecular complexity index is 750. The molecule has 1 aromatic heterocycles. The monoisotopic (exact) mass is 395 g/mol. The van der Waals surface area contributed by atoms with Gasteiger partial charge in [0.2, 0.25) is 0 Å². The Morgan fingerprint density at radius 1 is 1.35 bits per heavy atom. The van der Waals surface area contributed by atoms with E-state index in [1.54, 1.807) is 30.5 Å². The van der Waals surface area contributed by atoms with E-state index < -0.39 is 0 Å². The number of thiazole rings is 1. The van der Waals surface area contributed by atoms with Gasteiger partial charge in [-0.15, -0.1) is 11.3 Å². The summed E-state index contributed by atoms with van der Waals surface area (Å²) in [5.41, 5.74) is 0.573. The molecular formula is C18H23ClFN5S. The predicted octanol–water partition coefficient (Wildman–Crippen LogP) is 3.14. The first-order valence-corrected chi connectivity index (χ1v) is 9.78. The molecule has 1 N–H and O–H groups in total. The summed E-state index contributed by atoms with van der Waals surface area (Å²) in [6.45, 7) is 6.60. The van der Waals surface area contributed by atoms with Crippen LogP contribution in [0.3, 0.4) is 0 Å². The molecule has 2 aromatic rings. The van der Waals surface area contributed by atoms with Crippen LogP contribution in [0.1, 0.15) is 15.4 Å². The van der Waals surface area contributed by atoms with Gasteiger partial charge in [0.15, 0.2) is 5.96 Å². The lowest BCUT2D eigenvalue weighted by Crippen LogP contribution is -2.52. The number of nitrogens with zero attached hydrogens (tertiary/aromatic N) is 4. The lowest BCUT2D eigenvalue weighted by molar-refractivity contribution is 0.171. The topological polar surface area (TPSA) is 43.8 Å². The van der Waals surface area contributed by atoms with E-state index in [-0.39, 0.29) is 5.82 Å². The summed E-state index contributed by atoms with van der Waals surface area (Å²) in [5, 5.41) is 4.92. The molecule has 1 aliphatic rings. The molecule has 1 fully saturated rings. The van der Waals surface area contributed by atoms with Gasteiger partial charge in [-0.2, -0.15) is 0 Å². The minimum atomic E-state index is -0.240. The maximum absolute atomic E-state index is 14.0. The van der Waals surface area contributed by atoms with Crippen LogP contribution in [0.15, 0.2) is 29.4 Å². The van der Waals surface area contributed by atoms with E-state index in [4.69, 9.17) is 11.6 Å². The summed E-state index contributed by atoms with van der Waals surface area (Å²) in [6.07, 6.45) is 1.89. The first-order chi connectivity index (χ1) is 12.6. The number of piperazine rings is 1. The van der Waals surface area contributed by atoms with Crippen LogP contribution in [0.25, 0.3) is 0 Å². The van der Waals surface area contributed by atoms with Crippen molar-refractivity contribution in [3.63, 3.8) is 0 Å². The van der Waals surface area contributed by atoms with Crippen LogP contribution in [0.4, 0.5) is 4.39 Å². The van der Waals surface area contributed by atoms with E-state index in [1.807, 2.05) is 6.20 Å². The van der Waals surface area contributed by atoms with Crippen molar-refractivity contribution >= 4 is 28.9 Å². The van der Waals surface area contributed by atoms with Gasteiger partial charge >= 0.3 is 0 Å². The first-order valence-electron chi connectivity index (χ1n) is 8.59. The molecular weight excluding hydrogens is 373 g/mol. The van der Waals surface area contributed by atoms with Crippen LogP contribution in [0.5, 0.6) is 0 Å². The number of aliphatic imine (C=N–C) groups is 1. The summed E-state index contributed by atoms with van der Waals surface area (Å²) < 4.78 is 14.0. The number of hydrogen-bond acceptors (Lipinski definition) is 4. The van der Waals surface area contributed by atoms with E-state index in [1.165, 1.54) is 10.9 Å². The van der Waals surface area contributed by atoms with E-state index in [0.29, 0.717) is 23.7 Å². The maximum Gasteiger partial charge on any atom is 0.194 e. The molecule has 26 heavy (non-hydrogen) atoms. The van der Waals surface area contributed by atoms with Gasteiger partial charge in [-0.3, -0.25) is 9.89 Å². The van der Waals surface area contributed by atoms with Gasteiger partial charge in [0.25, 0.3) is 0 Å². The molecule has 8 heteroatoms. The Hall–Kier alpha value is -1.70. The van der Waals surface area contributed by atoms with Crippen molar-refractivity contribution in [1.82, 2.24) is 20.1 Å². The fourth-order valence-electron chi connectivity index (χ4n) is 2.99. The molecule has 0 bridgehead atoms. The number of rotatable bonds is 4. The maximum atomic E-state index is 14.0. The fraction of sp³-hybridized carbons (Fsp3) is 0.444. The van der Waals surface area contributed by atoms with Crippen LogP contribution >= 0.6 is 22.9 Å². The number of guanidine groups is 1. The lowest BCUT2D eigenvalue weighted by Gasteiger charge is -2.36. The Balaban J connectivity index is 1.52. The second-order valence-corrected chi connectivity index (χ2v) is 7.96. The van der Waals surface area contributed by atoms with Gasteiger partial charge in [0.1, 0.15) is 10.8 Å². The highest BCUT2D eigenvalue weighted by Crippen LogP contribution is 2.21. The molecule has 0 aliphatic carbocycles. The molecule has 0 spiro atoms. The second kappa shape index (κ2) is 8.79. The van der Waals surface area contributed by atoms with Crippen LogP contribution < -0.4 is 5.32 Å². The number of nitrogens with one attached hydrogen (secondary N) is 1. The number of aromatic nitrogens is 1. The van der Waals surface area contributed by atoms with E-state index in [2.05, 4.69) is 32.0 Å². The summed E-state index contributed by atoms with van der Waals surface area (Å²) in [5.74, 6) is 0.637. The van der Waals surface area contributed by atoms with E-state index in [9.17, 15) is 4.39 Å². The molecule has 0 unspecified atom stereocenters. The zero-order chi connectivity index (χ0) is 18.5. The molecule has 140 valence electrons. The molecule has 5 nitrogen and oxygen atoms in total. The highest BCUT2D eigenvalue weighted by Gasteiger charge is 2.21. The minimum absolute atomic E-state index is 0.240. The van der Waals surface area contributed by atoms with E-state index in [0.717, 1.165) is 37.1 Å². The Morgan fingerprint density at radius 3 is 2.73 bits per heavy atom. The van der Waals surface area contributed by atoms with Crippen LogP contribution in [-0.2, 0) is 13.1 Å². The largest absolute Gasteiger partial charge is 0.350 e. The molecule has 1 aromatic carbocycles. The van der Waals surface area contributed by atoms with E-state index >= 15 is 0 Å². The molecule has 3 rings (SSSR count). The quantitative estimate of drug-likeness (QED) is 0.638. The highest BCUT2D eigenvalue weighted by atomic mass is 35.5. The Morgan fingerprint density at radius 2 is 2.12 bits per heavy atom. The van der Waals surface area contributed by atoms with Gasteiger partial charge in [0.05, 0.1) is 6.54 Å². The molecule has 0 amide bonds. The fourth-order valence-corrected chi connectivity index (χ4v) is 3.94. The standard InChI is InChI=1S/C18H23ClFN5S/c1-13-10-22-17(26-13)11-23-18(21-2)25-8-6-24(7-9-25)12-14-15(19)4-3-5-16(14)20/h3-5,10H,6-9,11-12H2,1-2H3,(H,21,23). The third kappa shape index (κ3) is 4.72. The van der Waals surface area contributed by atoms with Crippen LogP contribution in [-0.4, -0.2) is 54.0 Å². The van der Waals surface area contributed by atoms with Gasteiger partial charge in [-0.05, 0) is 19.1 Å². The summed E-state index contributed by atoms with van der Waals surface area (Å²) in [6, 6.07) is 4.84. The smallest absolute Gasteiger partial charge is 0.194 e. The Labute approximate surface area is 162 Å². The lowest BCUT2D eigenvalue weighted by atomic mass is 10.2. The van der Waals surface area contributed by atoms with Crippen molar-refractivity contribution in [1.29, 1.82) is 0 Å². The van der Waals surface area contributed by atoms with Gasteiger partial charge in [0, 0.05) is 61.4 Å².